The van der Waals surface area contributed by atoms with Crippen LogP contribution in [0, 0.1) is 4.77 Å². The Morgan fingerprint density at radius 3 is 2.48 bits per heavy atom. The summed E-state index contributed by atoms with van der Waals surface area (Å²) < 4.78 is 29.2. The standard InChI is InChI=1S/C19H20ClN5O3S3/c1-13(25-17(21-22-19(25)29)16-3-2-12-30-16)18(26)23-8-10-24(11-9-23)31(27,28)15-6-4-14(20)5-7-15/h2-7,12-13H,8-11H2,1H3,(H,22,29). The third-order valence-corrected chi connectivity index (χ3v) is 8.51. The monoisotopic (exact) mass is 497 g/mol. The fraction of sp³-hybridized carbons (Fsp3) is 0.316. The number of hydrogen-bond acceptors (Lipinski definition) is 6. The van der Waals surface area contributed by atoms with Crippen molar-refractivity contribution in [3.63, 3.8) is 0 Å². The number of thiophene rings is 1. The lowest BCUT2D eigenvalue weighted by Crippen LogP contribution is -2.51. The van der Waals surface area contributed by atoms with Gasteiger partial charge in [-0.15, -0.1) is 11.3 Å². The third-order valence-electron chi connectivity index (χ3n) is 5.19. The normalized spacial score (nSPS) is 16.4. The molecule has 0 radical (unpaired) electrons. The maximum absolute atomic E-state index is 13.2. The molecule has 1 aromatic carbocycles. The summed E-state index contributed by atoms with van der Waals surface area (Å²) in [4.78, 5) is 15.9. The highest BCUT2D eigenvalue weighted by Crippen LogP contribution is 2.27. The van der Waals surface area contributed by atoms with Gasteiger partial charge in [0.1, 0.15) is 6.04 Å². The zero-order valence-corrected chi connectivity index (χ0v) is 19.8. The number of nitrogens with zero attached hydrogens (tertiary/aromatic N) is 4. The van der Waals surface area contributed by atoms with Gasteiger partial charge in [-0.1, -0.05) is 17.7 Å². The molecule has 31 heavy (non-hydrogen) atoms. The highest BCUT2D eigenvalue weighted by Gasteiger charge is 2.32. The molecule has 1 unspecified atom stereocenters. The Morgan fingerprint density at radius 1 is 1.19 bits per heavy atom. The van der Waals surface area contributed by atoms with Crippen LogP contribution in [0.3, 0.4) is 0 Å². The van der Waals surface area contributed by atoms with E-state index >= 15 is 0 Å². The van der Waals surface area contributed by atoms with Crippen molar-refractivity contribution in [3.05, 3.63) is 51.6 Å². The molecule has 0 bridgehead atoms. The van der Waals surface area contributed by atoms with Crippen LogP contribution in [-0.2, 0) is 14.8 Å². The Balaban J connectivity index is 1.47. The van der Waals surface area contributed by atoms with Gasteiger partial charge in [-0.25, -0.2) is 8.42 Å². The minimum Gasteiger partial charge on any atom is -0.338 e. The average molecular weight is 498 g/mol. The van der Waals surface area contributed by atoms with E-state index < -0.39 is 16.1 Å². The van der Waals surface area contributed by atoms with Gasteiger partial charge in [-0.05, 0) is 54.9 Å². The quantitative estimate of drug-likeness (QED) is 0.545. The molecule has 1 atom stereocenters. The molecule has 8 nitrogen and oxygen atoms in total. The van der Waals surface area contributed by atoms with Gasteiger partial charge in [0, 0.05) is 31.2 Å². The summed E-state index contributed by atoms with van der Waals surface area (Å²) >= 11 is 12.7. The first-order valence-electron chi connectivity index (χ1n) is 9.54. The number of piperazine rings is 1. The van der Waals surface area contributed by atoms with E-state index in [0.717, 1.165) is 4.88 Å². The smallest absolute Gasteiger partial charge is 0.245 e. The van der Waals surface area contributed by atoms with Crippen LogP contribution in [0.5, 0.6) is 0 Å². The fourth-order valence-electron chi connectivity index (χ4n) is 3.52. The third kappa shape index (κ3) is 4.33. The summed E-state index contributed by atoms with van der Waals surface area (Å²) in [7, 11) is -3.63. The van der Waals surface area contributed by atoms with Gasteiger partial charge in [0.25, 0.3) is 0 Å². The fourth-order valence-corrected chi connectivity index (χ4v) is 6.07. The van der Waals surface area contributed by atoms with Crippen LogP contribution >= 0.6 is 35.2 Å². The lowest BCUT2D eigenvalue weighted by molar-refractivity contribution is -0.135. The van der Waals surface area contributed by atoms with E-state index in [2.05, 4.69) is 10.2 Å². The number of nitrogens with one attached hydrogen (secondary N) is 1. The number of aromatic nitrogens is 3. The van der Waals surface area contributed by atoms with Crippen LogP contribution < -0.4 is 0 Å². The van der Waals surface area contributed by atoms with Crippen molar-refractivity contribution in [2.24, 2.45) is 0 Å². The lowest BCUT2D eigenvalue weighted by atomic mass is 10.2. The second-order valence-corrected chi connectivity index (χ2v) is 10.8. The maximum atomic E-state index is 13.2. The zero-order chi connectivity index (χ0) is 22.2. The van der Waals surface area contributed by atoms with Crippen molar-refractivity contribution in [3.8, 4) is 10.7 Å². The van der Waals surface area contributed by atoms with E-state index in [1.54, 1.807) is 28.5 Å². The molecule has 1 fully saturated rings. The molecule has 3 aromatic rings. The molecule has 4 rings (SSSR count). The van der Waals surface area contributed by atoms with Crippen molar-refractivity contribution in [1.82, 2.24) is 24.0 Å². The summed E-state index contributed by atoms with van der Waals surface area (Å²) in [5.41, 5.74) is 0. The minimum absolute atomic E-state index is 0.126. The van der Waals surface area contributed by atoms with Gasteiger partial charge in [-0.2, -0.15) is 9.40 Å². The topological polar surface area (TPSA) is 91.3 Å². The number of hydrogen-bond donors (Lipinski definition) is 1. The summed E-state index contributed by atoms with van der Waals surface area (Å²) in [6.45, 7) is 2.82. The largest absolute Gasteiger partial charge is 0.338 e. The minimum atomic E-state index is -3.63. The summed E-state index contributed by atoms with van der Waals surface area (Å²) in [6, 6.07) is 9.35. The summed E-state index contributed by atoms with van der Waals surface area (Å²) in [5, 5.41) is 9.46. The van der Waals surface area contributed by atoms with Gasteiger partial charge >= 0.3 is 0 Å². The van der Waals surface area contributed by atoms with Crippen molar-refractivity contribution >= 4 is 51.1 Å². The molecule has 1 aliphatic rings. The van der Waals surface area contributed by atoms with Crippen molar-refractivity contribution < 1.29 is 13.2 Å². The number of halogens is 1. The van der Waals surface area contributed by atoms with Crippen LogP contribution in [-0.4, -0.2) is 64.5 Å². The number of H-pyrrole nitrogens is 1. The SMILES string of the molecule is CC(C(=O)N1CCN(S(=O)(=O)c2ccc(Cl)cc2)CC1)n1c(-c2cccs2)n[nH]c1=S. The lowest BCUT2D eigenvalue weighted by Gasteiger charge is -2.35. The second-order valence-electron chi connectivity index (χ2n) is 7.06. The zero-order valence-electron chi connectivity index (χ0n) is 16.6. The van der Waals surface area contributed by atoms with Gasteiger partial charge < -0.3 is 4.90 Å². The number of sulfonamides is 1. The first-order valence-corrected chi connectivity index (χ1v) is 12.6. The molecule has 3 heterocycles. The number of rotatable bonds is 5. The van der Waals surface area contributed by atoms with Crippen LogP contribution in [0.25, 0.3) is 10.7 Å². The van der Waals surface area contributed by atoms with E-state index in [1.165, 1.54) is 27.8 Å². The number of carbonyl (C=O) groups excluding carboxylic acids is 1. The van der Waals surface area contributed by atoms with Gasteiger partial charge in [0.15, 0.2) is 10.6 Å². The molecule has 0 spiro atoms. The molecular weight excluding hydrogens is 478 g/mol. The molecular formula is C19H20ClN5O3S3. The van der Waals surface area contributed by atoms with Crippen LogP contribution in [0.15, 0.2) is 46.7 Å². The van der Waals surface area contributed by atoms with E-state index in [1.807, 2.05) is 17.5 Å². The molecule has 1 aliphatic heterocycles. The van der Waals surface area contributed by atoms with Crippen LogP contribution in [0.2, 0.25) is 5.02 Å². The Kier molecular flexibility index (Phi) is 6.31. The van der Waals surface area contributed by atoms with Crippen molar-refractivity contribution in [2.75, 3.05) is 26.2 Å². The van der Waals surface area contributed by atoms with E-state index in [0.29, 0.717) is 28.7 Å². The Morgan fingerprint density at radius 2 is 1.87 bits per heavy atom. The molecule has 0 aliphatic carbocycles. The predicted molar refractivity (Wildman–Crippen MR) is 122 cm³/mol. The van der Waals surface area contributed by atoms with E-state index in [9.17, 15) is 13.2 Å². The maximum Gasteiger partial charge on any atom is 0.245 e. The second kappa shape index (κ2) is 8.83. The molecule has 12 heteroatoms. The van der Waals surface area contributed by atoms with E-state index in [-0.39, 0.29) is 23.9 Å². The van der Waals surface area contributed by atoms with Gasteiger partial charge in [0.2, 0.25) is 15.9 Å². The Bertz CT molecular complexity index is 1230. The summed E-state index contributed by atoms with van der Waals surface area (Å²) in [5.74, 6) is 0.489. The molecule has 0 saturated carbocycles. The summed E-state index contributed by atoms with van der Waals surface area (Å²) in [6.07, 6.45) is 0. The molecule has 1 saturated heterocycles. The number of amides is 1. The van der Waals surface area contributed by atoms with E-state index in [4.69, 9.17) is 23.8 Å². The van der Waals surface area contributed by atoms with Crippen LogP contribution in [0.1, 0.15) is 13.0 Å². The molecule has 164 valence electrons. The predicted octanol–water partition coefficient (Wildman–Crippen LogP) is 3.42. The van der Waals surface area contributed by atoms with Crippen LogP contribution in [0.4, 0.5) is 0 Å². The first kappa shape index (κ1) is 22.2. The van der Waals surface area contributed by atoms with Crippen molar-refractivity contribution in [1.29, 1.82) is 0 Å². The average Bonchev–Trinajstić information content (AvgIpc) is 3.43. The number of aromatic amines is 1. The molecule has 2 aromatic heterocycles. The van der Waals surface area contributed by atoms with Gasteiger partial charge in [-0.3, -0.25) is 14.5 Å². The Labute approximate surface area is 194 Å². The van der Waals surface area contributed by atoms with Gasteiger partial charge in [0.05, 0.1) is 9.77 Å². The molecule has 1 amide bonds. The molecule has 1 N–H and O–H groups in total. The highest BCUT2D eigenvalue weighted by atomic mass is 35.5. The highest BCUT2D eigenvalue weighted by molar-refractivity contribution is 7.89. The van der Waals surface area contributed by atoms with Crippen molar-refractivity contribution in [2.45, 2.75) is 17.9 Å². The number of carbonyl (C=O) groups is 1. The first-order chi connectivity index (χ1) is 14.8. The Hall–Kier alpha value is -2.05. The number of benzene rings is 1.